The summed E-state index contributed by atoms with van der Waals surface area (Å²) in [5, 5.41) is 138. The lowest BCUT2D eigenvalue weighted by Gasteiger charge is -2.67. The average molecular weight is 1080 g/mol. The molecule has 0 amide bonds. The maximum Gasteiger partial charge on any atom is 0.315 e. The maximum atomic E-state index is 15.0. The van der Waals surface area contributed by atoms with Gasteiger partial charge in [-0.2, -0.15) is 0 Å². The number of rotatable bonds is 11. The van der Waals surface area contributed by atoms with Crippen LogP contribution in [0.1, 0.15) is 119 Å². The molecule has 22 heteroatoms. The molecule has 22 nitrogen and oxygen atoms in total. The van der Waals surface area contributed by atoms with Crippen LogP contribution in [0, 0.1) is 44.8 Å². The molecule has 4 aliphatic heterocycles. The van der Waals surface area contributed by atoms with Crippen molar-refractivity contribution in [1.29, 1.82) is 0 Å². The minimum Gasteiger partial charge on any atom is -0.432 e. The van der Waals surface area contributed by atoms with E-state index in [-0.39, 0.29) is 34.0 Å². The van der Waals surface area contributed by atoms with E-state index < -0.39 is 166 Å². The predicted molar refractivity (Wildman–Crippen MR) is 257 cm³/mol. The zero-order chi connectivity index (χ0) is 54.6. The van der Waals surface area contributed by atoms with Gasteiger partial charge in [-0.3, -0.25) is 4.79 Å². The molecule has 7 fully saturated rings. The van der Waals surface area contributed by atoms with E-state index in [1.807, 2.05) is 0 Å². The van der Waals surface area contributed by atoms with Crippen LogP contribution in [0.25, 0.3) is 0 Å². The maximum absolute atomic E-state index is 15.0. The number of hydrogen-bond donors (Lipinski definition) is 13. The highest BCUT2D eigenvalue weighted by molar-refractivity contribution is 5.79. The molecule has 0 spiro atoms. The molecule has 0 bridgehead atoms. The standard InChI is InChI=1S/C53H86O22/c1-22-32(55)36(59)40(63)44(70-22)68-20-27-34(57)38(61)42(65)46(72-27)74-31-12-14-52(7)29(50(31,4)5)11-13-51(6)24-10-15-53(17-16-49(2,3)18-25(53)23(24)8-9-30(51)52)48(67)75-47-43(66)39(62)35(58)28(73-47)21-69-45-41(64)37(60)33(56)26(19-54)71-45/h22,25-47,54-66H,8-21H2,1-7H3/t22-,25+,26-,27-,28-,29+,30+,31+,32-,33-,34-,35-,36+,37+,38+,39+,40-,41-,42-,43-,44-,45-,46+,47+,51+,52+,53-/m1/s1. The van der Waals surface area contributed by atoms with E-state index in [4.69, 9.17) is 37.9 Å². The molecule has 13 N–H and O–H groups in total. The molecule has 4 saturated heterocycles. The smallest absolute Gasteiger partial charge is 0.315 e. The van der Waals surface area contributed by atoms with Crippen LogP contribution in [0.4, 0.5) is 0 Å². The van der Waals surface area contributed by atoms with E-state index in [9.17, 15) is 71.2 Å². The Kier molecular flexibility index (Phi) is 16.6. The lowest BCUT2D eigenvalue weighted by atomic mass is 9.38. The van der Waals surface area contributed by atoms with Crippen molar-refractivity contribution in [1.82, 2.24) is 0 Å². The van der Waals surface area contributed by atoms with Crippen molar-refractivity contribution in [3.05, 3.63) is 11.1 Å². The van der Waals surface area contributed by atoms with Crippen molar-refractivity contribution in [3.8, 4) is 0 Å². The molecule has 9 aliphatic rings. The molecule has 0 aromatic rings. The Bertz CT molecular complexity index is 2060. The fourth-order valence-electron chi connectivity index (χ4n) is 15.9. The van der Waals surface area contributed by atoms with Gasteiger partial charge in [0.05, 0.1) is 37.4 Å². The van der Waals surface area contributed by atoms with Gasteiger partial charge in [-0.25, -0.2) is 0 Å². The second-order valence-corrected chi connectivity index (χ2v) is 25.7. The third-order valence-electron chi connectivity index (χ3n) is 20.5. The number of fused-ring (bicyclic) bond motifs is 6. The molecule has 9 rings (SSSR count). The highest BCUT2D eigenvalue weighted by Gasteiger charge is 2.66. The summed E-state index contributed by atoms with van der Waals surface area (Å²) in [5.74, 6) is -0.258. The van der Waals surface area contributed by atoms with Crippen molar-refractivity contribution in [2.75, 3.05) is 19.8 Å². The fourth-order valence-corrected chi connectivity index (χ4v) is 15.9. The minimum atomic E-state index is -1.82. The zero-order valence-corrected chi connectivity index (χ0v) is 44.2. The molecule has 430 valence electrons. The van der Waals surface area contributed by atoms with Crippen LogP contribution < -0.4 is 0 Å². The molecule has 0 radical (unpaired) electrons. The molecule has 27 atom stereocenters. The molecule has 75 heavy (non-hydrogen) atoms. The van der Waals surface area contributed by atoms with Crippen molar-refractivity contribution >= 4 is 5.97 Å². The summed E-state index contributed by atoms with van der Waals surface area (Å²) in [7, 11) is 0. The molecule has 0 aromatic heterocycles. The second kappa shape index (κ2) is 21.4. The van der Waals surface area contributed by atoms with Crippen molar-refractivity contribution in [2.24, 2.45) is 44.8 Å². The topological polar surface area (TPSA) is 354 Å². The average Bonchev–Trinajstić information content (AvgIpc) is 3.37. The Labute approximate surface area is 437 Å². The quantitative estimate of drug-likeness (QED) is 0.0653. The van der Waals surface area contributed by atoms with Crippen molar-refractivity contribution in [3.63, 3.8) is 0 Å². The van der Waals surface area contributed by atoms with E-state index in [1.165, 1.54) is 18.1 Å². The van der Waals surface area contributed by atoms with Gasteiger partial charge in [0.25, 0.3) is 0 Å². The van der Waals surface area contributed by atoms with Crippen molar-refractivity contribution in [2.45, 2.75) is 248 Å². The first-order valence-corrected chi connectivity index (χ1v) is 27.3. The Balaban J connectivity index is 0.886. The lowest BCUT2D eigenvalue weighted by molar-refractivity contribution is -0.343. The number of ether oxygens (including phenoxy) is 8. The van der Waals surface area contributed by atoms with Crippen LogP contribution in [0.2, 0.25) is 0 Å². The Morgan fingerprint density at radius 2 is 1.08 bits per heavy atom. The van der Waals surface area contributed by atoms with Crippen molar-refractivity contribution < 1.29 is 109 Å². The number of carbonyl (C=O) groups is 1. The van der Waals surface area contributed by atoms with E-state index in [2.05, 4.69) is 41.5 Å². The van der Waals surface area contributed by atoms with Gasteiger partial charge in [-0.15, -0.1) is 0 Å². The summed E-state index contributed by atoms with van der Waals surface area (Å²) in [6.45, 7) is 13.5. The summed E-state index contributed by atoms with van der Waals surface area (Å²) in [6.07, 6.45) is -22.7. The van der Waals surface area contributed by atoms with Crippen LogP contribution in [0.3, 0.4) is 0 Å². The van der Waals surface area contributed by atoms with Gasteiger partial charge in [0.1, 0.15) is 91.6 Å². The first kappa shape index (κ1) is 58.1. The molecule has 0 aromatic carbocycles. The van der Waals surface area contributed by atoms with E-state index in [0.717, 1.165) is 44.9 Å². The van der Waals surface area contributed by atoms with Gasteiger partial charge in [-0.05, 0) is 117 Å². The lowest BCUT2D eigenvalue weighted by Crippen LogP contribution is -2.64. The summed E-state index contributed by atoms with van der Waals surface area (Å²) in [5.41, 5.74) is 0.886. The Morgan fingerprint density at radius 1 is 0.547 bits per heavy atom. The van der Waals surface area contributed by atoms with Gasteiger partial charge >= 0.3 is 5.97 Å². The number of aliphatic hydroxyl groups is 13. The highest BCUT2D eigenvalue weighted by atomic mass is 16.8. The number of hydrogen-bond acceptors (Lipinski definition) is 22. The number of esters is 1. The Morgan fingerprint density at radius 3 is 1.69 bits per heavy atom. The first-order valence-electron chi connectivity index (χ1n) is 27.3. The second-order valence-electron chi connectivity index (χ2n) is 25.7. The summed E-state index contributed by atoms with van der Waals surface area (Å²) >= 11 is 0. The zero-order valence-electron chi connectivity index (χ0n) is 44.2. The molecule has 3 saturated carbocycles. The molecule has 5 aliphatic carbocycles. The summed E-state index contributed by atoms with van der Waals surface area (Å²) < 4.78 is 47.1. The van der Waals surface area contributed by atoms with Crippen LogP contribution in [0.15, 0.2) is 11.1 Å². The van der Waals surface area contributed by atoms with Crippen LogP contribution >= 0.6 is 0 Å². The largest absolute Gasteiger partial charge is 0.432 e. The van der Waals surface area contributed by atoms with Gasteiger partial charge < -0.3 is 104 Å². The van der Waals surface area contributed by atoms with Crippen LogP contribution in [0.5, 0.6) is 0 Å². The van der Waals surface area contributed by atoms with E-state index in [1.54, 1.807) is 0 Å². The molecular formula is C53H86O22. The van der Waals surface area contributed by atoms with Gasteiger partial charge in [0.15, 0.2) is 18.9 Å². The molecule has 4 heterocycles. The number of allylic oxidation sites excluding steroid dienone is 2. The summed E-state index contributed by atoms with van der Waals surface area (Å²) in [4.78, 5) is 15.0. The molecular weight excluding hydrogens is 989 g/mol. The Hall–Kier alpha value is -1.59. The van der Waals surface area contributed by atoms with E-state index >= 15 is 0 Å². The minimum absolute atomic E-state index is 0.0997. The normalized spacial score (nSPS) is 52.7. The SMILES string of the molecule is C[C@H]1O[C@@H](OC[C@H]2O[C@@H](O[C@H]3CC[C@]4(C)[C@H]5CCC6=C(CC[C@@]7(C(=O)O[C@@H]8O[C@H](CO[C@@H]9O[C@H](CO)[C@@H](O)[C@H](O)[C@H]9O)[C@@H](O)[C@H](O)[C@H]8O)CCC(C)(C)C[C@@H]67)[C@]5(C)CC[C@H]4C3(C)C)[C@H](O)[C@@H](O)[C@@H]2O)[C@H](O)[C@@H](O)[C@@H]1O. The number of aliphatic hydroxyl groups excluding tert-OH is 13. The van der Waals surface area contributed by atoms with Crippen LogP contribution in [-0.4, -0.2) is 221 Å². The van der Waals surface area contributed by atoms with Crippen LogP contribution in [-0.2, 0) is 42.7 Å². The predicted octanol–water partition coefficient (Wildman–Crippen LogP) is -1.25. The van der Waals surface area contributed by atoms with Gasteiger partial charge in [0, 0.05) is 0 Å². The first-order chi connectivity index (χ1) is 35.1. The monoisotopic (exact) mass is 1070 g/mol. The highest BCUT2D eigenvalue weighted by Crippen LogP contribution is 2.72. The fraction of sp³-hybridized carbons (Fsp3) is 0.943. The van der Waals surface area contributed by atoms with Gasteiger partial charge in [0.2, 0.25) is 6.29 Å². The number of carbonyl (C=O) groups excluding carboxylic acids is 1. The third kappa shape index (κ3) is 10.0. The summed E-state index contributed by atoms with van der Waals surface area (Å²) in [6, 6.07) is 0. The third-order valence-corrected chi connectivity index (χ3v) is 20.5. The molecule has 0 unspecified atom stereocenters. The van der Waals surface area contributed by atoms with E-state index in [0.29, 0.717) is 25.7 Å². The van der Waals surface area contributed by atoms with Gasteiger partial charge in [-0.1, -0.05) is 52.7 Å².